The van der Waals surface area contributed by atoms with E-state index in [1.54, 1.807) is 7.11 Å². The smallest absolute Gasteiger partial charge is 0.219 e. The van der Waals surface area contributed by atoms with Crippen molar-refractivity contribution in [3.05, 3.63) is 48.2 Å². The van der Waals surface area contributed by atoms with Gasteiger partial charge in [0.25, 0.3) is 0 Å². The Morgan fingerprint density at radius 2 is 2.12 bits per heavy atom. The predicted molar refractivity (Wildman–Crippen MR) is 59.3 cm³/mol. The minimum atomic E-state index is -0.611. The van der Waals surface area contributed by atoms with Crippen LogP contribution < -0.4 is 9.47 Å². The van der Waals surface area contributed by atoms with Crippen LogP contribution in [0.3, 0.4) is 0 Å². The molecule has 5 heteroatoms. The van der Waals surface area contributed by atoms with E-state index in [0.29, 0.717) is 6.61 Å². The first-order valence-electron chi connectivity index (χ1n) is 5.01. The van der Waals surface area contributed by atoms with Gasteiger partial charge in [-0.15, -0.1) is 0 Å². The maximum atomic E-state index is 12.8. The molecule has 0 saturated carbocycles. The number of hydrogen-bond donors (Lipinski definition) is 0. The minimum Gasteiger partial charge on any atom is -0.497 e. The van der Waals surface area contributed by atoms with Crippen LogP contribution in [-0.4, -0.2) is 17.1 Å². The fourth-order valence-corrected chi connectivity index (χ4v) is 1.32. The monoisotopic (exact) mass is 234 g/mol. The lowest BCUT2D eigenvalue weighted by molar-refractivity contribution is 0.290. The van der Waals surface area contributed by atoms with Crippen molar-refractivity contribution in [1.29, 1.82) is 0 Å². The lowest BCUT2D eigenvalue weighted by atomic mass is 10.2. The van der Waals surface area contributed by atoms with Crippen LogP contribution in [0.1, 0.15) is 5.56 Å². The topological polar surface area (TPSA) is 44.2 Å². The van der Waals surface area contributed by atoms with E-state index in [4.69, 9.17) is 9.47 Å². The minimum absolute atomic E-state index is 0.209. The lowest BCUT2D eigenvalue weighted by Gasteiger charge is -2.06. The normalized spacial score (nSPS) is 10.0. The summed E-state index contributed by atoms with van der Waals surface area (Å²) >= 11 is 0. The van der Waals surface area contributed by atoms with E-state index in [2.05, 4.69) is 9.97 Å². The molecule has 0 aliphatic heterocycles. The highest BCUT2D eigenvalue weighted by Crippen LogP contribution is 2.14. The van der Waals surface area contributed by atoms with Gasteiger partial charge in [-0.25, -0.2) is 9.97 Å². The molecule has 0 unspecified atom stereocenters. The summed E-state index contributed by atoms with van der Waals surface area (Å²) in [6.07, 6.45) is 1.12. The van der Waals surface area contributed by atoms with Crippen molar-refractivity contribution in [1.82, 2.24) is 9.97 Å². The number of rotatable bonds is 4. The second-order valence-corrected chi connectivity index (χ2v) is 3.32. The first kappa shape index (κ1) is 11.3. The van der Waals surface area contributed by atoms with Crippen molar-refractivity contribution < 1.29 is 13.9 Å². The molecule has 0 bridgehead atoms. The van der Waals surface area contributed by atoms with Gasteiger partial charge in [0, 0.05) is 0 Å². The van der Waals surface area contributed by atoms with Crippen LogP contribution in [0.5, 0.6) is 11.6 Å². The molecule has 1 heterocycles. The zero-order chi connectivity index (χ0) is 12.1. The van der Waals surface area contributed by atoms with Crippen LogP contribution in [-0.2, 0) is 6.61 Å². The van der Waals surface area contributed by atoms with Gasteiger partial charge in [-0.1, -0.05) is 12.1 Å². The quantitative estimate of drug-likeness (QED) is 0.761. The van der Waals surface area contributed by atoms with Crippen molar-refractivity contribution in [3.63, 3.8) is 0 Å². The zero-order valence-corrected chi connectivity index (χ0v) is 9.26. The first-order valence-corrected chi connectivity index (χ1v) is 5.01. The maximum absolute atomic E-state index is 12.8. The number of ether oxygens (including phenoxy) is 2. The third-order valence-corrected chi connectivity index (χ3v) is 2.13. The first-order chi connectivity index (χ1) is 8.28. The average molecular weight is 234 g/mol. The Hall–Kier alpha value is -2.17. The van der Waals surface area contributed by atoms with Crippen LogP contribution in [0.4, 0.5) is 4.39 Å². The van der Waals surface area contributed by atoms with Gasteiger partial charge in [0.05, 0.1) is 13.2 Å². The fraction of sp³-hybridized carbons (Fsp3) is 0.167. The third-order valence-electron chi connectivity index (χ3n) is 2.13. The zero-order valence-electron chi connectivity index (χ0n) is 9.26. The van der Waals surface area contributed by atoms with Crippen LogP contribution in [0.25, 0.3) is 0 Å². The number of hydrogen-bond acceptors (Lipinski definition) is 4. The molecule has 0 N–H and O–H groups in total. The predicted octanol–water partition coefficient (Wildman–Crippen LogP) is 2.20. The lowest BCUT2D eigenvalue weighted by Crippen LogP contribution is -1.98. The molecule has 0 saturated heterocycles. The highest BCUT2D eigenvalue weighted by atomic mass is 19.1. The Bertz CT molecular complexity index is 505. The highest BCUT2D eigenvalue weighted by Gasteiger charge is 2.00. The molecule has 1 aromatic carbocycles. The van der Waals surface area contributed by atoms with Gasteiger partial charge in [0.1, 0.15) is 18.7 Å². The molecule has 0 atom stereocenters. The molecule has 17 heavy (non-hydrogen) atoms. The van der Waals surface area contributed by atoms with Gasteiger partial charge in [0.15, 0.2) is 0 Å². The standard InChI is InChI=1S/C12H11FN2O2/c1-16-10-4-2-3-9(5-10)7-17-12-6-11(13)14-8-15-12/h2-6,8H,7H2,1H3. The van der Waals surface area contributed by atoms with Gasteiger partial charge in [-0.2, -0.15) is 4.39 Å². The van der Waals surface area contributed by atoms with E-state index in [1.165, 1.54) is 0 Å². The number of aromatic nitrogens is 2. The highest BCUT2D eigenvalue weighted by molar-refractivity contribution is 5.28. The van der Waals surface area contributed by atoms with Crippen LogP contribution in [0.15, 0.2) is 36.7 Å². The van der Waals surface area contributed by atoms with Gasteiger partial charge >= 0.3 is 0 Å². The summed E-state index contributed by atoms with van der Waals surface area (Å²) in [6, 6.07) is 8.57. The van der Waals surface area contributed by atoms with Crippen molar-refractivity contribution in [2.45, 2.75) is 6.61 Å². The van der Waals surface area contributed by atoms with Gasteiger partial charge in [0.2, 0.25) is 11.8 Å². The van der Waals surface area contributed by atoms with Crippen LogP contribution in [0.2, 0.25) is 0 Å². The summed E-state index contributed by atoms with van der Waals surface area (Å²) < 4.78 is 23.2. The molecule has 4 nitrogen and oxygen atoms in total. The molecule has 0 radical (unpaired) electrons. The molecule has 0 spiro atoms. The SMILES string of the molecule is COc1cccc(COc2cc(F)ncn2)c1. The molecule has 88 valence electrons. The number of halogens is 1. The second-order valence-electron chi connectivity index (χ2n) is 3.32. The van der Waals surface area contributed by atoms with Crippen molar-refractivity contribution in [2.75, 3.05) is 7.11 Å². The van der Waals surface area contributed by atoms with Crippen molar-refractivity contribution >= 4 is 0 Å². The number of benzene rings is 1. The average Bonchev–Trinajstić information content (AvgIpc) is 2.37. The van der Waals surface area contributed by atoms with Gasteiger partial charge in [-0.05, 0) is 17.7 Å². The van der Waals surface area contributed by atoms with Crippen molar-refractivity contribution in [3.8, 4) is 11.6 Å². The molecule has 0 amide bonds. The van der Waals surface area contributed by atoms with E-state index in [1.807, 2.05) is 24.3 Å². The van der Waals surface area contributed by atoms with Crippen LogP contribution in [0, 0.1) is 5.95 Å². The summed E-state index contributed by atoms with van der Waals surface area (Å²) in [6.45, 7) is 0.299. The molecule has 0 aliphatic rings. The second kappa shape index (κ2) is 5.25. The molecule has 0 fully saturated rings. The molecule has 0 aliphatic carbocycles. The Kier molecular flexibility index (Phi) is 3.49. The van der Waals surface area contributed by atoms with Crippen molar-refractivity contribution in [2.24, 2.45) is 0 Å². The summed E-state index contributed by atoms with van der Waals surface area (Å²) in [5, 5.41) is 0. The molecule has 2 aromatic rings. The molecule has 2 rings (SSSR count). The van der Waals surface area contributed by atoms with E-state index in [-0.39, 0.29) is 5.88 Å². The number of methoxy groups -OCH3 is 1. The summed E-state index contributed by atoms with van der Waals surface area (Å²) in [5.74, 6) is 0.348. The maximum Gasteiger partial charge on any atom is 0.219 e. The summed E-state index contributed by atoms with van der Waals surface area (Å²) in [4.78, 5) is 7.14. The molecule has 1 aromatic heterocycles. The fourth-order valence-electron chi connectivity index (χ4n) is 1.32. The number of nitrogens with zero attached hydrogens (tertiary/aromatic N) is 2. The Balaban J connectivity index is 2.02. The van der Waals surface area contributed by atoms with Crippen LogP contribution >= 0.6 is 0 Å². The van der Waals surface area contributed by atoms with Gasteiger partial charge < -0.3 is 9.47 Å². The van der Waals surface area contributed by atoms with E-state index in [0.717, 1.165) is 23.7 Å². The molecular weight excluding hydrogens is 223 g/mol. The van der Waals surface area contributed by atoms with E-state index < -0.39 is 5.95 Å². The Labute approximate surface area is 98.1 Å². The molecular formula is C12H11FN2O2. The Morgan fingerprint density at radius 3 is 2.88 bits per heavy atom. The Morgan fingerprint density at radius 1 is 1.24 bits per heavy atom. The van der Waals surface area contributed by atoms with Gasteiger partial charge in [-0.3, -0.25) is 0 Å². The third kappa shape index (κ3) is 3.14. The summed E-state index contributed by atoms with van der Waals surface area (Å²) in [7, 11) is 1.60. The van der Waals surface area contributed by atoms with E-state index in [9.17, 15) is 4.39 Å². The summed E-state index contributed by atoms with van der Waals surface area (Å²) in [5.41, 5.74) is 0.920. The largest absolute Gasteiger partial charge is 0.497 e. The van der Waals surface area contributed by atoms with E-state index >= 15 is 0 Å².